The number of nitrogens with one attached hydrogen (secondary N) is 1. The van der Waals surface area contributed by atoms with Crippen molar-refractivity contribution in [3.8, 4) is 0 Å². The second-order valence-electron chi connectivity index (χ2n) is 5.04. The fourth-order valence-corrected chi connectivity index (χ4v) is 2.54. The van der Waals surface area contributed by atoms with Crippen LogP contribution >= 0.6 is 0 Å². The van der Waals surface area contributed by atoms with E-state index in [9.17, 15) is 13.2 Å². The van der Waals surface area contributed by atoms with Crippen LogP contribution in [0.5, 0.6) is 0 Å². The number of rotatable bonds is 3. The normalized spacial score (nSPS) is 16.6. The minimum atomic E-state index is -4.18. The van der Waals surface area contributed by atoms with Gasteiger partial charge in [-0.3, -0.25) is 0 Å². The number of anilines is 1. The first-order valence-corrected chi connectivity index (χ1v) is 6.89. The number of halogens is 3. The largest absolute Gasteiger partial charge is 0.389 e. The summed E-state index contributed by atoms with van der Waals surface area (Å²) >= 11 is 0. The third-order valence-electron chi connectivity index (χ3n) is 3.54. The summed E-state index contributed by atoms with van der Waals surface area (Å²) in [5.41, 5.74) is 1.09. The molecule has 1 aliphatic heterocycles. The minimum Gasteiger partial charge on any atom is -0.352 e. The highest BCUT2D eigenvalue weighted by molar-refractivity contribution is 5.62. The maximum Gasteiger partial charge on any atom is 0.389 e. The lowest BCUT2D eigenvalue weighted by molar-refractivity contribution is -0.133. The van der Waals surface area contributed by atoms with Gasteiger partial charge in [-0.05, 0) is 12.5 Å². The van der Waals surface area contributed by atoms with Gasteiger partial charge in [0, 0.05) is 50.6 Å². The first-order chi connectivity index (χ1) is 10.0. The van der Waals surface area contributed by atoms with Crippen LogP contribution in [0, 0.1) is 0 Å². The minimum absolute atomic E-state index is 0.0940. The maximum atomic E-state index is 12.6. The molecule has 0 spiro atoms. The molecule has 0 radical (unpaired) electrons. The quantitative estimate of drug-likeness (QED) is 0.936. The average Bonchev–Trinajstić information content (AvgIpc) is 2.84. The van der Waals surface area contributed by atoms with Crippen LogP contribution in [-0.4, -0.2) is 47.0 Å². The van der Waals surface area contributed by atoms with Crippen LogP contribution in [0.3, 0.4) is 0 Å². The van der Waals surface area contributed by atoms with Crippen molar-refractivity contribution in [2.45, 2.75) is 19.0 Å². The molecule has 0 bridgehead atoms. The number of piperazine rings is 1. The van der Waals surface area contributed by atoms with Crippen molar-refractivity contribution in [2.24, 2.45) is 0 Å². The Labute approximate surface area is 119 Å². The lowest BCUT2D eigenvalue weighted by Gasteiger charge is -2.28. The van der Waals surface area contributed by atoms with E-state index in [1.165, 1.54) is 0 Å². The van der Waals surface area contributed by atoms with Gasteiger partial charge in [0.25, 0.3) is 0 Å². The predicted molar refractivity (Wildman–Crippen MR) is 72.4 cm³/mol. The van der Waals surface area contributed by atoms with E-state index in [0.29, 0.717) is 17.0 Å². The van der Waals surface area contributed by atoms with Gasteiger partial charge in [0.15, 0.2) is 11.5 Å². The van der Waals surface area contributed by atoms with Crippen molar-refractivity contribution < 1.29 is 13.2 Å². The molecular formula is C13H16F3N5. The Morgan fingerprint density at radius 2 is 2.00 bits per heavy atom. The first kappa shape index (κ1) is 14.1. The lowest BCUT2D eigenvalue weighted by Crippen LogP contribution is -2.44. The average molecular weight is 299 g/mol. The summed E-state index contributed by atoms with van der Waals surface area (Å²) in [7, 11) is 0. The van der Waals surface area contributed by atoms with Gasteiger partial charge >= 0.3 is 6.18 Å². The second kappa shape index (κ2) is 5.51. The molecule has 0 atom stereocenters. The van der Waals surface area contributed by atoms with Gasteiger partial charge in [-0.15, -0.1) is 5.10 Å². The van der Waals surface area contributed by atoms with Crippen LogP contribution < -0.4 is 10.2 Å². The Kier molecular flexibility index (Phi) is 3.71. The van der Waals surface area contributed by atoms with E-state index in [2.05, 4.69) is 15.4 Å². The fourth-order valence-electron chi connectivity index (χ4n) is 2.54. The Balaban J connectivity index is 1.97. The van der Waals surface area contributed by atoms with Crippen LogP contribution in [0.15, 0.2) is 18.5 Å². The van der Waals surface area contributed by atoms with E-state index >= 15 is 0 Å². The second-order valence-corrected chi connectivity index (χ2v) is 5.04. The topological polar surface area (TPSA) is 45.5 Å². The van der Waals surface area contributed by atoms with E-state index in [0.717, 1.165) is 26.2 Å². The Hall–Kier alpha value is -1.83. The summed E-state index contributed by atoms with van der Waals surface area (Å²) in [5, 5.41) is 7.64. The summed E-state index contributed by atoms with van der Waals surface area (Å²) in [5.74, 6) is 0.624. The predicted octanol–water partition coefficient (Wildman–Crippen LogP) is 1.63. The molecule has 3 rings (SSSR count). The fraction of sp³-hybridized carbons (Fsp3) is 0.538. The third kappa shape index (κ3) is 3.10. The molecule has 114 valence electrons. The molecule has 3 heterocycles. The van der Waals surface area contributed by atoms with E-state index in [1.54, 1.807) is 23.0 Å². The van der Waals surface area contributed by atoms with Gasteiger partial charge < -0.3 is 10.2 Å². The van der Waals surface area contributed by atoms with Crippen LogP contribution in [0.1, 0.15) is 12.0 Å². The molecule has 2 aromatic rings. The lowest BCUT2D eigenvalue weighted by atomic mass is 10.1. The summed E-state index contributed by atoms with van der Waals surface area (Å²) < 4.78 is 39.2. The number of hydrogen-bond donors (Lipinski definition) is 1. The van der Waals surface area contributed by atoms with Gasteiger partial charge in [0.1, 0.15) is 0 Å². The molecular weight excluding hydrogens is 283 g/mol. The standard InChI is InChI=1S/C13H16F3N5/c14-13(15,16)3-2-10-11-18-4-1-7-21(11)19-12(10)20-8-5-17-6-9-20/h1,4,7,17H,2-3,5-6,8-9H2. The molecule has 0 saturated carbocycles. The number of alkyl halides is 3. The molecule has 1 N–H and O–H groups in total. The number of nitrogens with zero attached hydrogens (tertiary/aromatic N) is 4. The smallest absolute Gasteiger partial charge is 0.352 e. The maximum absolute atomic E-state index is 12.6. The molecule has 0 aromatic carbocycles. The van der Waals surface area contributed by atoms with E-state index in [-0.39, 0.29) is 6.42 Å². The summed E-state index contributed by atoms with van der Waals surface area (Å²) in [6, 6.07) is 1.72. The van der Waals surface area contributed by atoms with E-state index in [1.807, 2.05) is 4.90 Å². The Morgan fingerprint density at radius 3 is 2.71 bits per heavy atom. The molecule has 8 heteroatoms. The molecule has 1 saturated heterocycles. The first-order valence-electron chi connectivity index (χ1n) is 6.89. The summed E-state index contributed by atoms with van der Waals surface area (Å²) in [4.78, 5) is 6.21. The highest BCUT2D eigenvalue weighted by atomic mass is 19.4. The monoisotopic (exact) mass is 299 g/mol. The van der Waals surface area contributed by atoms with E-state index < -0.39 is 12.6 Å². The molecule has 2 aromatic heterocycles. The van der Waals surface area contributed by atoms with Crippen molar-refractivity contribution in [1.29, 1.82) is 0 Å². The molecule has 1 aliphatic rings. The van der Waals surface area contributed by atoms with Crippen molar-refractivity contribution in [1.82, 2.24) is 19.9 Å². The van der Waals surface area contributed by atoms with Crippen LogP contribution in [0.25, 0.3) is 5.65 Å². The Bertz CT molecular complexity index is 616. The van der Waals surface area contributed by atoms with Crippen molar-refractivity contribution in [3.05, 3.63) is 24.0 Å². The number of aryl methyl sites for hydroxylation is 1. The van der Waals surface area contributed by atoms with Crippen molar-refractivity contribution in [2.75, 3.05) is 31.1 Å². The molecule has 0 unspecified atom stereocenters. The summed E-state index contributed by atoms with van der Waals surface area (Å²) in [6.45, 7) is 3.09. The SMILES string of the molecule is FC(F)(F)CCc1c(N2CCNCC2)nn2cccnc12. The van der Waals surface area contributed by atoms with Crippen molar-refractivity contribution in [3.63, 3.8) is 0 Å². The van der Waals surface area contributed by atoms with Gasteiger partial charge in [-0.25, -0.2) is 9.50 Å². The molecule has 0 amide bonds. The van der Waals surface area contributed by atoms with Crippen LogP contribution in [0.2, 0.25) is 0 Å². The van der Waals surface area contributed by atoms with Gasteiger partial charge in [-0.2, -0.15) is 13.2 Å². The van der Waals surface area contributed by atoms with Gasteiger partial charge in [-0.1, -0.05) is 0 Å². The van der Waals surface area contributed by atoms with Gasteiger partial charge in [0.2, 0.25) is 0 Å². The third-order valence-corrected chi connectivity index (χ3v) is 3.54. The molecule has 0 aliphatic carbocycles. The number of fused-ring (bicyclic) bond motifs is 1. The van der Waals surface area contributed by atoms with Crippen LogP contribution in [0.4, 0.5) is 19.0 Å². The highest BCUT2D eigenvalue weighted by Gasteiger charge is 2.29. The number of aromatic nitrogens is 3. The highest BCUT2D eigenvalue weighted by Crippen LogP contribution is 2.29. The zero-order valence-electron chi connectivity index (χ0n) is 11.4. The van der Waals surface area contributed by atoms with Crippen LogP contribution in [-0.2, 0) is 6.42 Å². The zero-order chi connectivity index (χ0) is 14.9. The van der Waals surface area contributed by atoms with E-state index in [4.69, 9.17) is 0 Å². The molecule has 1 fully saturated rings. The summed E-state index contributed by atoms with van der Waals surface area (Å²) in [6.07, 6.45) is -1.84. The number of hydrogen-bond acceptors (Lipinski definition) is 4. The molecule has 5 nitrogen and oxygen atoms in total. The Morgan fingerprint density at radius 1 is 1.24 bits per heavy atom. The molecule has 21 heavy (non-hydrogen) atoms. The zero-order valence-corrected chi connectivity index (χ0v) is 11.4. The van der Waals surface area contributed by atoms with Crippen molar-refractivity contribution >= 4 is 11.5 Å². The van der Waals surface area contributed by atoms with Gasteiger partial charge in [0.05, 0.1) is 0 Å².